The van der Waals surface area contributed by atoms with Crippen LogP contribution in [0.2, 0.25) is 12.1 Å². The molecule has 0 atom stereocenters. The van der Waals surface area contributed by atoms with Gasteiger partial charge in [-0.25, -0.2) is 0 Å². The van der Waals surface area contributed by atoms with Crippen molar-refractivity contribution in [2.75, 3.05) is 26.2 Å². The summed E-state index contributed by atoms with van der Waals surface area (Å²) >= 11 is 0. The van der Waals surface area contributed by atoms with E-state index < -0.39 is 0 Å². The minimum absolute atomic E-state index is 0. The van der Waals surface area contributed by atoms with E-state index in [2.05, 4.69) is 59.0 Å². The molecule has 0 aromatic carbocycles. The molecule has 1 fully saturated rings. The summed E-state index contributed by atoms with van der Waals surface area (Å²) in [6.45, 7) is 22.5. The zero-order valence-corrected chi connectivity index (χ0v) is 18.3. The summed E-state index contributed by atoms with van der Waals surface area (Å²) in [4.78, 5) is 2.62. The quantitative estimate of drug-likeness (QED) is 0.377. The molecular formula is C18H38AuBN2-2. The minimum atomic E-state index is 0. The van der Waals surface area contributed by atoms with Crippen LogP contribution in [0.4, 0.5) is 0 Å². The summed E-state index contributed by atoms with van der Waals surface area (Å²) in [5.74, 6) is 0.696. The van der Waals surface area contributed by atoms with E-state index in [9.17, 15) is 0 Å². The van der Waals surface area contributed by atoms with Gasteiger partial charge in [0.1, 0.15) is 7.28 Å². The Morgan fingerprint density at radius 2 is 1.55 bits per heavy atom. The second kappa shape index (κ2) is 12.1. The van der Waals surface area contributed by atoms with Gasteiger partial charge in [-0.1, -0.05) is 39.8 Å². The molecule has 0 aromatic rings. The average Bonchev–Trinajstić information content (AvgIpc) is 2.37. The first-order valence-corrected chi connectivity index (χ1v) is 8.60. The maximum Gasteiger partial charge on any atom is 0.113 e. The van der Waals surface area contributed by atoms with Crippen LogP contribution in [0.15, 0.2) is 0 Å². The van der Waals surface area contributed by atoms with Gasteiger partial charge in [0.2, 0.25) is 0 Å². The van der Waals surface area contributed by atoms with Crippen LogP contribution < -0.4 is 0 Å². The van der Waals surface area contributed by atoms with Crippen molar-refractivity contribution in [3.05, 3.63) is 11.7 Å². The zero-order chi connectivity index (χ0) is 16.5. The molecule has 2 nitrogen and oxygen atoms in total. The monoisotopic (exact) mass is 490 g/mol. The molecule has 1 aliphatic heterocycles. The van der Waals surface area contributed by atoms with E-state index in [1.165, 1.54) is 12.7 Å². The van der Waals surface area contributed by atoms with Crippen molar-refractivity contribution >= 4 is 7.28 Å². The van der Waals surface area contributed by atoms with Gasteiger partial charge in [-0.05, 0) is 38.8 Å². The van der Waals surface area contributed by atoms with Crippen LogP contribution >= 0.6 is 0 Å². The van der Waals surface area contributed by atoms with Crippen molar-refractivity contribution in [2.45, 2.75) is 79.5 Å². The summed E-state index contributed by atoms with van der Waals surface area (Å²) in [6, 6.07) is 0. The Hall–Kier alpha value is 0.725. The molecule has 0 bridgehead atoms. The summed E-state index contributed by atoms with van der Waals surface area (Å²) < 4.78 is 0. The zero-order valence-electron chi connectivity index (χ0n) is 16.2. The smallest absolute Gasteiger partial charge is 0.113 e. The first-order chi connectivity index (χ1) is 9.64. The molecule has 1 heterocycles. The van der Waals surface area contributed by atoms with Crippen LogP contribution in [-0.2, 0) is 22.4 Å². The SMILES string of the molecule is CC(C)[B]CC(C)(C)CC(C)(C)N1CC[N-]CC1.C[CH-]C.[Au]. The molecule has 1 rings (SSSR count). The molecule has 0 unspecified atom stereocenters. The van der Waals surface area contributed by atoms with Crippen LogP contribution in [0, 0.1) is 11.8 Å². The summed E-state index contributed by atoms with van der Waals surface area (Å²) in [5, 5.41) is 4.45. The van der Waals surface area contributed by atoms with Gasteiger partial charge in [0.15, 0.2) is 0 Å². The number of rotatable bonds is 6. The number of nitrogens with zero attached hydrogens (tertiary/aromatic N) is 2. The van der Waals surface area contributed by atoms with Crippen LogP contribution in [0.3, 0.4) is 0 Å². The van der Waals surface area contributed by atoms with Gasteiger partial charge in [0, 0.05) is 27.9 Å². The Morgan fingerprint density at radius 1 is 1.09 bits per heavy atom. The van der Waals surface area contributed by atoms with Crippen molar-refractivity contribution in [2.24, 2.45) is 5.41 Å². The first kappa shape index (κ1) is 25.0. The van der Waals surface area contributed by atoms with Crippen molar-refractivity contribution in [1.82, 2.24) is 4.90 Å². The van der Waals surface area contributed by atoms with E-state index in [1.54, 1.807) is 0 Å². The molecule has 0 aliphatic carbocycles. The van der Waals surface area contributed by atoms with Gasteiger partial charge < -0.3 is 16.6 Å². The molecule has 1 saturated heterocycles. The van der Waals surface area contributed by atoms with E-state index in [1.807, 2.05) is 20.3 Å². The molecule has 1 aliphatic rings. The molecule has 4 heteroatoms. The maximum absolute atomic E-state index is 4.45. The number of piperazine rings is 1. The molecule has 22 heavy (non-hydrogen) atoms. The van der Waals surface area contributed by atoms with Gasteiger partial charge >= 0.3 is 0 Å². The Kier molecular flexibility index (Phi) is 13.8. The summed E-state index contributed by atoms with van der Waals surface area (Å²) in [5.41, 5.74) is 0.687. The van der Waals surface area contributed by atoms with E-state index >= 15 is 0 Å². The van der Waals surface area contributed by atoms with Crippen molar-refractivity contribution < 1.29 is 22.4 Å². The molecule has 0 aromatic heterocycles. The molecule has 0 saturated carbocycles. The van der Waals surface area contributed by atoms with Gasteiger partial charge in [-0.3, -0.25) is 0 Å². The fourth-order valence-corrected chi connectivity index (χ4v) is 3.12. The van der Waals surface area contributed by atoms with Crippen molar-refractivity contribution in [1.29, 1.82) is 0 Å². The Balaban J connectivity index is 0. The molecule has 0 amide bonds. The van der Waals surface area contributed by atoms with Crippen LogP contribution in [0.1, 0.15) is 61.8 Å². The normalized spacial score (nSPS) is 16.6. The molecular weight excluding hydrogens is 452 g/mol. The van der Waals surface area contributed by atoms with E-state index in [4.69, 9.17) is 0 Å². The summed E-state index contributed by atoms with van der Waals surface area (Å²) in [7, 11) is 2.46. The number of hydrogen-bond acceptors (Lipinski definition) is 1. The van der Waals surface area contributed by atoms with Gasteiger partial charge in [0.05, 0.1) is 0 Å². The second-order valence-corrected chi connectivity index (χ2v) is 8.07. The van der Waals surface area contributed by atoms with Crippen LogP contribution in [0.25, 0.3) is 5.32 Å². The van der Waals surface area contributed by atoms with E-state index in [0.717, 1.165) is 26.2 Å². The van der Waals surface area contributed by atoms with Crippen molar-refractivity contribution in [3.63, 3.8) is 0 Å². The largest absolute Gasteiger partial charge is 0.660 e. The van der Waals surface area contributed by atoms with Gasteiger partial charge in [-0.15, -0.1) is 13.1 Å². The summed E-state index contributed by atoms with van der Waals surface area (Å²) in [6.07, 6.45) is 4.47. The van der Waals surface area contributed by atoms with Gasteiger partial charge in [0.25, 0.3) is 0 Å². The van der Waals surface area contributed by atoms with E-state index in [-0.39, 0.29) is 22.4 Å². The first-order valence-electron chi connectivity index (χ1n) is 8.60. The predicted octanol–water partition coefficient (Wildman–Crippen LogP) is 5.05. The topological polar surface area (TPSA) is 17.3 Å². The standard InChI is InChI=1S/C15H31BN2.C3H7.Au/c1-13(2)16-12-14(3,4)11-15(5,6)18-9-7-17-8-10-18;1-3-2;/h13H,7-12H2,1-6H3;3H,1-2H3;/q2*-1;. The fourth-order valence-electron chi connectivity index (χ4n) is 3.12. The molecule has 0 N–H and O–H groups in total. The third-order valence-corrected chi connectivity index (χ3v) is 3.97. The third kappa shape index (κ3) is 11.3. The Labute approximate surface area is 157 Å². The Morgan fingerprint density at radius 3 is 1.95 bits per heavy atom. The molecule has 2 radical (unpaired) electrons. The minimum Gasteiger partial charge on any atom is -0.660 e. The van der Waals surface area contributed by atoms with Crippen LogP contribution in [-0.4, -0.2) is 43.9 Å². The predicted molar refractivity (Wildman–Crippen MR) is 98.5 cm³/mol. The maximum atomic E-state index is 4.45. The van der Waals surface area contributed by atoms with Crippen LogP contribution in [0.5, 0.6) is 0 Å². The van der Waals surface area contributed by atoms with E-state index in [0.29, 0.717) is 16.8 Å². The average molecular weight is 490 g/mol. The van der Waals surface area contributed by atoms with Crippen molar-refractivity contribution in [3.8, 4) is 0 Å². The third-order valence-electron chi connectivity index (χ3n) is 3.97. The Bertz CT molecular complexity index is 262. The number of hydrogen-bond donors (Lipinski definition) is 0. The fraction of sp³-hybridized carbons (Fsp3) is 0.944. The molecule has 0 spiro atoms. The second-order valence-electron chi connectivity index (χ2n) is 8.07. The molecule has 136 valence electrons. The van der Waals surface area contributed by atoms with Gasteiger partial charge in [-0.2, -0.15) is 13.8 Å².